The molecular weight excluding hydrogens is 515 g/mol. The van der Waals surface area contributed by atoms with Crippen molar-refractivity contribution in [2.24, 2.45) is 0 Å². The Morgan fingerprint density at radius 2 is 2.06 bits per heavy atom. The minimum atomic E-state index is -3.42. The molecule has 35 heavy (non-hydrogen) atoms. The van der Waals surface area contributed by atoms with Crippen LogP contribution in [0.4, 0.5) is 16.0 Å². The first-order chi connectivity index (χ1) is 16.8. The van der Waals surface area contributed by atoms with Crippen LogP contribution < -0.4 is 20.1 Å². The van der Waals surface area contributed by atoms with E-state index in [1.54, 1.807) is 30.5 Å². The highest BCUT2D eigenvalue weighted by atomic mass is 35.5. The lowest BCUT2D eigenvalue weighted by Crippen LogP contribution is -2.44. The van der Waals surface area contributed by atoms with E-state index in [1.807, 2.05) is 6.92 Å². The first kappa shape index (κ1) is 24.2. The van der Waals surface area contributed by atoms with E-state index in [2.05, 4.69) is 30.3 Å². The number of piperidine rings is 1. The monoisotopic (exact) mass is 538 g/mol. The molecule has 1 aliphatic carbocycles. The lowest BCUT2D eigenvalue weighted by atomic mass is 10.1. The molecule has 186 valence electrons. The molecule has 2 atom stereocenters. The van der Waals surface area contributed by atoms with E-state index in [0.717, 1.165) is 5.01 Å². The second-order valence-electron chi connectivity index (χ2n) is 8.56. The summed E-state index contributed by atoms with van der Waals surface area (Å²) in [7, 11) is -3.42. The van der Waals surface area contributed by atoms with Crippen molar-refractivity contribution in [1.29, 1.82) is 0 Å². The topological polar surface area (TPSA) is 118 Å². The number of anilines is 2. The van der Waals surface area contributed by atoms with Crippen LogP contribution in [0.5, 0.6) is 11.6 Å². The summed E-state index contributed by atoms with van der Waals surface area (Å²) in [5.74, 6) is 1.16. The lowest BCUT2D eigenvalue weighted by molar-refractivity contribution is 0.254. The Morgan fingerprint density at radius 1 is 1.23 bits per heavy atom. The lowest BCUT2D eigenvalue weighted by Gasteiger charge is -2.26. The summed E-state index contributed by atoms with van der Waals surface area (Å²) < 4.78 is 46.7. The Morgan fingerprint density at radius 3 is 2.80 bits per heavy atom. The highest BCUT2D eigenvalue weighted by Crippen LogP contribution is 2.39. The molecule has 0 amide bonds. The number of hydrogen-bond donors (Lipinski definition) is 3. The van der Waals surface area contributed by atoms with E-state index in [0.29, 0.717) is 66.2 Å². The van der Waals surface area contributed by atoms with Gasteiger partial charge in [-0.3, -0.25) is 4.72 Å². The summed E-state index contributed by atoms with van der Waals surface area (Å²) in [5.41, 5.74) is 0.920. The number of nitrogens with one attached hydrogen (secondary N) is 3. The maximum absolute atomic E-state index is 13.7. The number of rotatable bonds is 8. The summed E-state index contributed by atoms with van der Waals surface area (Å²) in [4.78, 5) is 14.0. The smallest absolute Gasteiger partial charge is 0.240 e. The number of aromatic nitrogens is 3. The Hall–Kier alpha value is -2.54. The van der Waals surface area contributed by atoms with E-state index in [1.165, 1.54) is 11.3 Å². The molecule has 2 fully saturated rings. The average Bonchev–Trinajstić information content (AvgIpc) is 3.60. The average molecular weight is 539 g/mol. The number of nitrogens with zero attached hydrogens (tertiary/aromatic N) is 3. The summed E-state index contributed by atoms with van der Waals surface area (Å²) in [5, 5.41) is 6.89. The first-order valence-electron chi connectivity index (χ1n) is 11.2. The van der Waals surface area contributed by atoms with E-state index in [-0.39, 0.29) is 16.3 Å². The third-order valence-corrected chi connectivity index (χ3v) is 8.73. The number of benzene rings is 1. The normalized spacial score (nSPS) is 20.4. The summed E-state index contributed by atoms with van der Waals surface area (Å²) in [6.45, 7) is 2.85. The largest absolute Gasteiger partial charge is 0.437 e. The van der Waals surface area contributed by atoms with Crippen molar-refractivity contribution in [1.82, 2.24) is 20.3 Å². The molecule has 9 nitrogen and oxygen atoms in total. The third-order valence-electron chi connectivity index (χ3n) is 5.59. The molecule has 5 rings (SSSR count). The van der Waals surface area contributed by atoms with Crippen LogP contribution in [-0.2, 0) is 10.0 Å². The van der Waals surface area contributed by atoms with Gasteiger partial charge in [0.2, 0.25) is 21.9 Å². The molecule has 0 spiro atoms. The van der Waals surface area contributed by atoms with Crippen LogP contribution in [0, 0.1) is 6.92 Å². The van der Waals surface area contributed by atoms with Gasteiger partial charge in [0, 0.05) is 37.8 Å². The Kier molecular flexibility index (Phi) is 6.80. The number of aryl methyl sites for hydroxylation is 1. The molecule has 0 radical (unpaired) electrons. The minimum absolute atomic E-state index is 0.106. The fourth-order valence-corrected chi connectivity index (χ4v) is 6.24. The number of alkyl halides is 1. The Labute approximate surface area is 211 Å². The first-order valence-corrected chi connectivity index (χ1v) is 13.9. The molecule has 2 aromatic heterocycles. The summed E-state index contributed by atoms with van der Waals surface area (Å²) >= 11 is 7.74. The quantitative estimate of drug-likeness (QED) is 0.387. The molecular formula is C22H24ClFN6O3S2. The van der Waals surface area contributed by atoms with Crippen molar-refractivity contribution in [3.05, 3.63) is 40.5 Å². The van der Waals surface area contributed by atoms with Gasteiger partial charge in [-0.05, 0) is 38.0 Å². The van der Waals surface area contributed by atoms with Gasteiger partial charge in [-0.1, -0.05) is 11.6 Å². The van der Waals surface area contributed by atoms with Gasteiger partial charge in [-0.15, -0.1) is 11.3 Å². The highest BCUT2D eigenvalue weighted by Gasteiger charge is 2.36. The zero-order chi connectivity index (χ0) is 24.6. The van der Waals surface area contributed by atoms with Crippen LogP contribution in [0.2, 0.25) is 5.02 Å². The molecule has 0 bridgehead atoms. The highest BCUT2D eigenvalue weighted by molar-refractivity contribution is 7.93. The number of thiazole rings is 1. The van der Waals surface area contributed by atoms with Crippen LogP contribution in [-0.4, -0.2) is 53.9 Å². The molecule has 2 aliphatic rings. The third kappa shape index (κ3) is 5.83. The maximum atomic E-state index is 13.7. The van der Waals surface area contributed by atoms with Crippen molar-refractivity contribution in [2.45, 2.75) is 43.6 Å². The van der Waals surface area contributed by atoms with Gasteiger partial charge in [0.25, 0.3) is 0 Å². The molecule has 1 aliphatic heterocycles. The van der Waals surface area contributed by atoms with Gasteiger partial charge >= 0.3 is 0 Å². The van der Waals surface area contributed by atoms with Gasteiger partial charge in [0.05, 0.1) is 26.7 Å². The van der Waals surface area contributed by atoms with Gasteiger partial charge in [-0.25, -0.2) is 27.8 Å². The summed E-state index contributed by atoms with van der Waals surface area (Å²) in [6.07, 6.45) is 2.44. The van der Waals surface area contributed by atoms with E-state index in [9.17, 15) is 12.8 Å². The van der Waals surface area contributed by atoms with Crippen molar-refractivity contribution < 1.29 is 17.5 Å². The second-order valence-corrected chi connectivity index (χ2v) is 12.1. The zero-order valence-electron chi connectivity index (χ0n) is 18.8. The Balaban J connectivity index is 1.34. The van der Waals surface area contributed by atoms with Crippen LogP contribution in [0.25, 0.3) is 10.6 Å². The van der Waals surface area contributed by atoms with Crippen molar-refractivity contribution in [3.63, 3.8) is 0 Å². The van der Waals surface area contributed by atoms with Crippen molar-refractivity contribution in [2.75, 3.05) is 23.1 Å². The molecule has 1 aromatic carbocycles. The van der Waals surface area contributed by atoms with Crippen LogP contribution >= 0.6 is 22.9 Å². The summed E-state index contributed by atoms with van der Waals surface area (Å²) in [6, 6.07) is 6.39. The number of hydrogen-bond acceptors (Lipinski definition) is 9. The van der Waals surface area contributed by atoms with Gasteiger partial charge in [0.15, 0.2) is 0 Å². The van der Waals surface area contributed by atoms with E-state index in [4.69, 9.17) is 16.3 Å². The molecule has 3 N–H and O–H groups in total. The van der Waals surface area contributed by atoms with Crippen LogP contribution in [0.15, 0.2) is 30.5 Å². The van der Waals surface area contributed by atoms with Crippen molar-refractivity contribution in [3.8, 4) is 22.2 Å². The zero-order valence-corrected chi connectivity index (χ0v) is 21.2. The minimum Gasteiger partial charge on any atom is -0.437 e. The number of sulfonamides is 1. The molecule has 0 unspecified atom stereocenters. The fraction of sp³-hybridized carbons (Fsp3) is 0.409. The molecule has 1 saturated carbocycles. The Bertz CT molecular complexity index is 1330. The number of ether oxygens (including phenoxy) is 1. The molecule has 13 heteroatoms. The second kappa shape index (κ2) is 9.84. The van der Waals surface area contributed by atoms with E-state index >= 15 is 0 Å². The SMILES string of the molecule is Cc1nc(Oc2ccc(NS(=O)(=O)C3CC3)c(Cl)c2)c(-c2ccnc(N[C@@H]3CNC[C@@H](F)C3)n2)s1. The molecule has 1 saturated heterocycles. The molecule has 3 aromatic rings. The van der Waals surface area contributed by atoms with Gasteiger partial charge < -0.3 is 15.4 Å². The van der Waals surface area contributed by atoms with Gasteiger partial charge in [-0.2, -0.15) is 0 Å². The molecule has 3 heterocycles. The van der Waals surface area contributed by atoms with Gasteiger partial charge in [0.1, 0.15) is 16.8 Å². The van der Waals surface area contributed by atoms with E-state index < -0.39 is 16.2 Å². The predicted molar refractivity (Wildman–Crippen MR) is 135 cm³/mol. The van der Waals surface area contributed by atoms with Crippen molar-refractivity contribution >= 4 is 44.6 Å². The fourth-order valence-electron chi connectivity index (χ4n) is 3.74. The standard InChI is InChI=1S/C22H24ClFN6O3S2/c1-12-27-21(33-15-2-5-18(17(23)9-15)30-35(31,32)16-3-4-16)20(34-12)19-6-7-26-22(29-19)28-14-8-13(24)10-25-11-14/h2,5-7,9,13-14,16,25,30H,3-4,8,10-11H2,1H3,(H,26,28,29)/t13-,14-/m0/s1. The maximum Gasteiger partial charge on any atom is 0.240 e. The van der Waals surface area contributed by atoms with Crippen LogP contribution in [0.1, 0.15) is 24.3 Å². The number of halogens is 2. The predicted octanol–water partition coefficient (Wildman–Crippen LogP) is 4.37. The van der Waals surface area contributed by atoms with Crippen LogP contribution in [0.3, 0.4) is 0 Å².